The van der Waals surface area contributed by atoms with Crippen LogP contribution in [0.1, 0.15) is 36.0 Å². The second-order valence-corrected chi connectivity index (χ2v) is 7.71. The van der Waals surface area contributed by atoms with Crippen LogP contribution in [0.4, 0.5) is 5.13 Å². The van der Waals surface area contributed by atoms with E-state index in [9.17, 15) is 4.79 Å². The van der Waals surface area contributed by atoms with Crippen LogP contribution >= 0.6 is 23.1 Å². The molecular weight excluding hydrogens is 358 g/mol. The van der Waals surface area contributed by atoms with Gasteiger partial charge in [0.2, 0.25) is 5.91 Å². The monoisotopic (exact) mass is 375 g/mol. The van der Waals surface area contributed by atoms with E-state index in [0.717, 1.165) is 35.3 Å². The summed E-state index contributed by atoms with van der Waals surface area (Å²) in [5, 5.41) is 14.7. The maximum absolute atomic E-state index is 12.1. The van der Waals surface area contributed by atoms with E-state index < -0.39 is 0 Å². The second kappa shape index (κ2) is 7.01. The van der Waals surface area contributed by atoms with Gasteiger partial charge in [-0.2, -0.15) is 0 Å². The van der Waals surface area contributed by atoms with Gasteiger partial charge in [0.25, 0.3) is 0 Å². The first-order valence-electron chi connectivity index (χ1n) is 7.99. The SMILES string of the molecule is Cc1csc(NC(=O)CSc2nnc(C3CC3)n2Cc2ccco2)n1. The molecule has 3 heterocycles. The van der Waals surface area contributed by atoms with Crippen molar-refractivity contribution in [3.8, 4) is 0 Å². The largest absolute Gasteiger partial charge is 0.467 e. The van der Waals surface area contributed by atoms with Crippen molar-refractivity contribution < 1.29 is 9.21 Å². The smallest absolute Gasteiger partial charge is 0.236 e. The Morgan fingerprint density at radius 3 is 3.04 bits per heavy atom. The number of nitrogens with one attached hydrogen (secondary N) is 1. The first-order chi connectivity index (χ1) is 12.2. The summed E-state index contributed by atoms with van der Waals surface area (Å²) in [5.74, 6) is 2.48. The predicted molar refractivity (Wildman–Crippen MR) is 96.0 cm³/mol. The van der Waals surface area contributed by atoms with Gasteiger partial charge in [-0.25, -0.2) is 4.98 Å². The number of nitrogens with zero attached hydrogens (tertiary/aromatic N) is 4. The minimum Gasteiger partial charge on any atom is -0.467 e. The van der Waals surface area contributed by atoms with E-state index in [1.807, 2.05) is 24.4 Å². The number of anilines is 1. The number of thiazole rings is 1. The molecule has 0 bridgehead atoms. The standard InChI is InChI=1S/C16H17N5O2S2/c1-10-8-24-15(17-10)18-13(22)9-25-16-20-19-14(11-4-5-11)21(16)7-12-3-2-6-23-12/h2-3,6,8,11H,4-5,7,9H2,1H3,(H,17,18,22). The zero-order valence-corrected chi connectivity index (χ0v) is 15.3. The van der Waals surface area contributed by atoms with E-state index >= 15 is 0 Å². The Morgan fingerprint density at radius 2 is 2.36 bits per heavy atom. The molecule has 25 heavy (non-hydrogen) atoms. The van der Waals surface area contributed by atoms with Crippen LogP contribution in [0.25, 0.3) is 0 Å². The highest BCUT2D eigenvalue weighted by Gasteiger charge is 2.30. The van der Waals surface area contributed by atoms with Gasteiger partial charge >= 0.3 is 0 Å². The van der Waals surface area contributed by atoms with E-state index in [-0.39, 0.29) is 11.7 Å². The third-order valence-electron chi connectivity index (χ3n) is 3.78. The molecule has 1 N–H and O–H groups in total. The van der Waals surface area contributed by atoms with E-state index in [2.05, 4.69) is 25.1 Å². The molecule has 1 aliphatic rings. The van der Waals surface area contributed by atoms with Gasteiger partial charge in [0, 0.05) is 11.3 Å². The molecule has 0 saturated heterocycles. The van der Waals surface area contributed by atoms with Gasteiger partial charge in [-0.1, -0.05) is 11.8 Å². The average Bonchev–Trinajstić information content (AvgIpc) is 2.96. The van der Waals surface area contributed by atoms with Gasteiger partial charge in [0.15, 0.2) is 10.3 Å². The topological polar surface area (TPSA) is 85.8 Å². The van der Waals surface area contributed by atoms with Gasteiger partial charge in [-0.3, -0.25) is 9.36 Å². The summed E-state index contributed by atoms with van der Waals surface area (Å²) in [7, 11) is 0. The van der Waals surface area contributed by atoms with Crippen LogP contribution in [0.3, 0.4) is 0 Å². The normalized spacial score (nSPS) is 14.0. The molecule has 0 radical (unpaired) electrons. The molecule has 0 unspecified atom stereocenters. The van der Waals surface area contributed by atoms with Crippen molar-refractivity contribution >= 4 is 34.1 Å². The highest BCUT2D eigenvalue weighted by molar-refractivity contribution is 7.99. The Kier molecular flexibility index (Phi) is 4.58. The molecule has 0 atom stereocenters. The van der Waals surface area contributed by atoms with Crippen molar-refractivity contribution in [2.24, 2.45) is 0 Å². The maximum atomic E-state index is 12.1. The Labute approximate surface area is 152 Å². The number of hydrogen-bond acceptors (Lipinski definition) is 7. The fourth-order valence-corrected chi connectivity index (χ4v) is 3.90. The number of amides is 1. The summed E-state index contributed by atoms with van der Waals surface area (Å²) in [6, 6.07) is 3.80. The van der Waals surface area contributed by atoms with Crippen molar-refractivity contribution in [1.29, 1.82) is 0 Å². The zero-order chi connectivity index (χ0) is 17.2. The van der Waals surface area contributed by atoms with Gasteiger partial charge in [-0.05, 0) is 31.9 Å². The molecule has 0 aromatic carbocycles. The van der Waals surface area contributed by atoms with Crippen LogP contribution in [0.15, 0.2) is 33.3 Å². The number of aryl methyl sites for hydroxylation is 1. The highest BCUT2D eigenvalue weighted by Crippen LogP contribution is 2.40. The van der Waals surface area contributed by atoms with Crippen molar-refractivity contribution in [2.75, 3.05) is 11.1 Å². The summed E-state index contributed by atoms with van der Waals surface area (Å²) < 4.78 is 7.51. The quantitative estimate of drug-likeness (QED) is 0.638. The molecule has 7 nitrogen and oxygen atoms in total. The lowest BCUT2D eigenvalue weighted by Gasteiger charge is -2.08. The molecule has 9 heteroatoms. The molecule has 3 aromatic heterocycles. The predicted octanol–water partition coefficient (Wildman–Crippen LogP) is 3.29. The first kappa shape index (κ1) is 16.3. The average molecular weight is 375 g/mol. The number of furan rings is 1. The summed E-state index contributed by atoms with van der Waals surface area (Å²) in [4.78, 5) is 16.4. The van der Waals surface area contributed by atoms with Crippen molar-refractivity contribution in [3.05, 3.63) is 41.1 Å². The van der Waals surface area contributed by atoms with E-state index in [0.29, 0.717) is 17.6 Å². The van der Waals surface area contributed by atoms with E-state index in [1.165, 1.54) is 23.1 Å². The molecular formula is C16H17N5O2S2. The van der Waals surface area contributed by atoms with Gasteiger partial charge in [0.1, 0.15) is 11.6 Å². The zero-order valence-electron chi connectivity index (χ0n) is 13.6. The summed E-state index contributed by atoms with van der Waals surface area (Å²) in [6.07, 6.45) is 3.95. The molecule has 3 aromatic rings. The van der Waals surface area contributed by atoms with Crippen LogP contribution in [-0.4, -0.2) is 31.4 Å². The molecule has 1 aliphatic carbocycles. The molecule has 1 fully saturated rings. The molecule has 0 spiro atoms. The molecule has 4 rings (SSSR count). The summed E-state index contributed by atoms with van der Waals surface area (Å²) in [6.45, 7) is 2.49. The lowest BCUT2D eigenvalue weighted by Crippen LogP contribution is -2.14. The van der Waals surface area contributed by atoms with Crippen LogP contribution < -0.4 is 5.32 Å². The number of carbonyl (C=O) groups excluding carboxylic acids is 1. The van der Waals surface area contributed by atoms with Gasteiger partial charge in [0.05, 0.1) is 24.3 Å². The third-order valence-corrected chi connectivity index (χ3v) is 5.62. The van der Waals surface area contributed by atoms with Crippen LogP contribution in [0, 0.1) is 6.92 Å². The number of aromatic nitrogens is 4. The Hall–Kier alpha value is -2.13. The number of hydrogen-bond donors (Lipinski definition) is 1. The lowest BCUT2D eigenvalue weighted by atomic mass is 10.3. The Balaban J connectivity index is 1.43. The van der Waals surface area contributed by atoms with Crippen LogP contribution in [0.5, 0.6) is 0 Å². The number of carbonyl (C=O) groups is 1. The molecule has 0 aliphatic heterocycles. The minimum absolute atomic E-state index is 0.0973. The highest BCUT2D eigenvalue weighted by atomic mass is 32.2. The van der Waals surface area contributed by atoms with Crippen molar-refractivity contribution in [2.45, 2.75) is 37.4 Å². The summed E-state index contributed by atoms with van der Waals surface area (Å²) >= 11 is 2.81. The minimum atomic E-state index is -0.0973. The molecule has 1 saturated carbocycles. The number of rotatable bonds is 7. The van der Waals surface area contributed by atoms with Gasteiger partial charge < -0.3 is 9.73 Å². The van der Waals surface area contributed by atoms with Crippen LogP contribution in [0.2, 0.25) is 0 Å². The number of thioether (sulfide) groups is 1. The molecule has 130 valence electrons. The van der Waals surface area contributed by atoms with E-state index in [4.69, 9.17) is 4.42 Å². The lowest BCUT2D eigenvalue weighted by molar-refractivity contribution is -0.113. The maximum Gasteiger partial charge on any atom is 0.236 e. The first-order valence-corrected chi connectivity index (χ1v) is 9.86. The molecule has 1 amide bonds. The second-order valence-electron chi connectivity index (χ2n) is 5.91. The Bertz CT molecular complexity index is 867. The van der Waals surface area contributed by atoms with Crippen molar-refractivity contribution in [3.63, 3.8) is 0 Å². The van der Waals surface area contributed by atoms with Crippen LogP contribution in [-0.2, 0) is 11.3 Å². The fraction of sp³-hybridized carbons (Fsp3) is 0.375. The van der Waals surface area contributed by atoms with E-state index in [1.54, 1.807) is 6.26 Å². The Morgan fingerprint density at radius 1 is 1.48 bits per heavy atom. The third kappa shape index (κ3) is 3.93. The van der Waals surface area contributed by atoms with Gasteiger partial charge in [-0.15, -0.1) is 21.5 Å². The fourth-order valence-electron chi connectivity index (χ4n) is 2.45. The van der Waals surface area contributed by atoms with Crippen molar-refractivity contribution in [1.82, 2.24) is 19.7 Å². The summed E-state index contributed by atoms with van der Waals surface area (Å²) in [5.41, 5.74) is 0.903.